The molecule has 0 aromatic rings. The summed E-state index contributed by atoms with van der Waals surface area (Å²) in [6.07, 6.45) is 20.2. The van der Waals surface area contributed by atoms with Gasteiger partial charge >= 0.3 is 0 Å². The number of carbonyl (C=O) groups excluding carboxylic acids is 2. The normalized spacial score (nSPS) is 42.5. The Balaban J connectivity index is 1.14. The van der Waals surface area contributed by atoms with Crippen molar-refractivity contribution in [2.24, 2.45) is 40.4 Å². The molecule has 0 spiro atoms. The van der Waals surface area contributed by atoms with E-state index >= 15 is 0 Å². The zero-order valence-corrected chi connectivity index (χ0v) is 23.3. The highest BCUT2D eigenvalue weighted by Gasteiger charge is 2.62. The zero-order chi connectivity index (χ0) is 25.3. The van der Waals surface area contributed by atoms with E-state index in [1.165, 1.54) is 77.0 Å². The lowest BCUT2D eigenvalue weighted by molar-refractivity contribution is -0.156. The van der Waals surface area contributed by atoms with E-state index in [-0.39, 0.29) is 11.5 Å². The molecule has 4 aliphatic carbocycles. The van der Waals surface area contributed by atoms with Crippen molar-refractivity contribution < 1.29 is 14.7 Å². The molecule has 8 atom stereocenters. The highest BCUT2D eigenvalue weighted by atomic mass is 16.3. The lowest BCUT2D eigenvalue weighted by atomic mass is 9.42. The van der Waals surface area contributed by atoms with Crippen LogP contribution in [0.1, 0.15) is 129 Å². The number of hydrogen-bond donors (Lipinski definition) is 1. The molecule has 204 valence electrons. The van der Waals surface area contributed by atoms with Crippen LogP contribution in [0.25, 0.3) is 0 Å². The summed E-state index contributed by atoms with van der Waals surface area (Å²) in [4.78, 5) is 27.0. The average Bonchev–Trinajstić information content (AvgIpc) is 3.18. The first-order chi connectivity index (χ1) is 17.3. The van der Waals surface area contributed by atoms with Crippen LogP contribution in [0.2, 0.25) is 0 Å². The SMILES string of the molecule is C[C@]12CCC(=O)C[C@@H]1CC(CCCCCCCC(=O)N1CCCCC1)[C@@H]1[C@@H]2CC[C@]2(C)[C@@H](O)CC[C@@H]12. The van der Waals surface area contributed by atoms with Gasteiger partial charge in [0.05, 0.1) is 6.10 Å². The number of piperidine rings is 1. The molecule has 4 saturated carbocycles. The fourth-order valence-electron chi connectivity index (χ4n) is 10.0. The fraction of sp³-hybridized carbons (Fsp3) is 0.938. The second-order valence-corrected chi connectivity index (χ2v) is 14.1. The van der Waals surface area contributed by atoms with Crippen LogP contribution in [0.3, 0.4) is 0 Å². The van der Waals surface area contributed by atoms with Crippen molar-refractivity contribution in [1.29, 1.82) is 0 Å². The number of hydrogen-bond acceptors (Lipinski definition) is 3. The molecule has 1 aliphatic heterocycles. The van der Waals surface area contributed by atoms with Gasteiger partial charge in [-0.05, 0) is 105 Å². The zero-order valence-electron chi connectivity index (χ0n) is 23.3. The lowest BCUT2D eigenvalue weighted by Crippen LogP contribution is -2.57. The molecule has 0 radical (unpaired) electrons. The predicted molar refractivity (Wildman–Crippen MR) is 144 cm³/mol. The summed E-state index contributed by atoms with van der Waals surface area (Å²) in [5.41, 5.74) is 0.457. The van der Waals surface area contributed by atoms with Crippen LogP contribution in [0, 0.1) is 40.4 Å². The molecule has 5 rings (SSSR count). The van der Waals surface area contributed by atoms with Gasteiger partial charge < -0.3 is 10.0 Å². The number of aliphatic hydroxyl groups is 1. The van der Waals surface area contributed by atoms with Crippen molar-refractivity contribution in [3.63, 3.8) is 0 Å². The number of amides is 1. The van der Waals surface area contributed by atoms with E-state index in [2.05, 4.69) is 18.7 Å². The third-order valence-electron chi connectivity index (χ3n) is 12.3. The number of fused-ring (bicyclic) bond motifs is 5. The van der Waals surface area contributed by atoms with Crippen molar-refractivity contribution in [2.45, 2.75) is 136 Å². The Morgan fingerprint density at radius 2 is 1.64 bits per heavy atom. The third kappa shape index (κ3) is 5.06. The Kier molecular flexibility index (Phi) is 8.21. The highest BCUT2D eigenvalue weighted by Crippen LogP contribution is 2.67. The Bertz CT molecular complexity index is 790. The first-order valence-corrected chi connectivity index (χ1v) is 15.8. The van der Waals surface area contributed by atoms with Gasteiger partial charge in [0, 0.05) is 32.4 Å². The summed E-state index contributed by atoms with van der Waals surface area (Å²) >= 11 is 0. The molecule has 0 bridgehead atoms. The van der Waals surface area contributed by atoms with Crippen molar-refractivity contribution in [3.05, 3.63) is 0 Å². The monoisotopic (exact) mass is 499 g/mol. The minimum absolute atomic E-state index is 0.116. The second-order valence-electron chi connectivity index (χ2n) is 14.1. The summed E-state index contributed by atoms with van der Waals surface area (Å²) in [6.45, 7) is 6.89. The van der Waals surface area contributed by atoms with Crippen LogP contribution in [-0.4, -0.2) is 40.9 Å². The number of rotatable bonds is 8. The Hall–Kier alpha value is -0.900. The molecule has 1 heterocycles. The molecule has 5 fully saturated rings. The third-order valence-corrected chi connectivity index (χ3v) is 12.3. The van der Waals surface area contributed by atoms with Gasteiger partial charge in [-0.25, -0.2) is 0 Å². The first-order valence-electron chi connectivity index (χ1n) is 15.8. The van der Waals surface area contributed by atoms with E-state index in [4.69, 9.17) is 0 Å². The highest BCUT2D eigenvalue weighted by molar-refractivity contribution is 5.79. The number of ketones is 1. The Morgan fingerprint density at radius 1 is 0.917 bits per heavy atom. The van der Waals surface area contributed by atoms with Crippen molar-refractivity contribution in [3.8, 4) is 0 Å². The summed E-state index contributed by atoms with van der Waals surface area (Å²) in [7, 11) is 0. The van der Waals surface area contributed by atoms with Crippen molar-refractivity contribution in [2.75, 3.05) is 13.1 Å². The molecule has 1 unspecified atom stereocenters. The topological polar surface area (TPSA) is 57.6 Å². The van der Waals surface area contributed by atoms with Crippen LogP contribution < -0.4 is 0 Å². The van der Waals surface area contributed by atoms with E-state index in [0.717, 1.165) is 69.4 Å². The quantitative estimate of drug-likeness (QED) is 0.368. The van der Waals surface area contributed by atoms with Gasteiger partial charge in [-0.3, -0.25) is 9.59 Å². The minimum Gasteiger partial charge on any atom is -0.393 e. The molecular weight excluding hydrogens is 446 g/mol. The van der Waals surface area contributed by atoms with Crippen molar-refractivity contribution >= 4 is 11.7 Å². The molecule has 0 aromatic carbocycles. The average molecular weight is 500 g/mol. The molecule has 1 amide bonds. The van der Waals surface area contributed by atoms with Gasteiger partial charge in [0.2, 0.25) is 5.91 Å². The largest absolute Gasteiger partial charge is 0.393 e. The van der Waals surface area contributed by atoms with Gasteiger partial charge in [0.1, 0.15) is 5.78 Å². The van der Waals surface area contributed by atoms with E-state index in [0.29, 0.717) is 28.9 Å². The van der Waals surface area contributed by atoms with Gasteiger partial charge in [-0.1, -0.05) is 46.0 Å². The molecule has 36 heavy (non-hydrogen) atoms. The van der Waals surface area contributed by atoms with Crippen LogP contribution in [0.5, 0.6) is 0 Å². The molecule has 1 N–H and O–H groups in total. The number of aliphatic hydroxyl groups excluding tert-OH is 1. The smallest absolute Gasteiger partial charge is 0.222 e. The molecule has 1 saturated heterocycles. The molecule has 4 nitrogen and oxygen atoms in total. The van der Waals surface area contributed by atoms with Gasteiger partial charge in [0.25, 0.3) is 0 Å². The second kappa shape index (κ2) is 11.1. The van der Waals surface area contributed by atoms with Crippen LogP contribution in [-0.2, 0) is 9.59 Å². The lowest BCUT2D eigenvalue weighted by Gasteiger charge is -2.62. The minimum atomic E-state index is -0.116. The van der Waals surface area contributed by atoms with Gasteiger partial charge in [-0.2, -0.15) is 0 Å². The van der Waals surface area contributed by atoms with Crippen LogP contribution in [0.15, 0.2) is 0 Å². The number of unbranched alkanes of at least 4 members (excludes halogenated alkanes) is 4. The summed E-state index contributed by atoms with van der Waals surface area (Å²) in [5.74, 6) is 4.37. The fourth-order valence-corrected chi connectivity index (χ4v) is 10.0. The molecule has 5 aliphatic rings. The van der Waals surface area contributed by atoms with Crippen LogP contribution >= 0.6 is 0 Å². The van der Waals surface area contributed by atoms with Gasteiger partial charge in [-0.15, -0.1) is 0 Å². The number of likely N-dealkylation sites (tertiary alicyclic amines) is 1. The molecular formula is C32H53NO3. The predicted octanol–water partition coefficient (Wildman–Crippen LogP) is 6.93. The van der Waals surface area contributed by atoms with E-state index in [9.17, 15) is 14.7 Å². The van der Waals surface area contributed by atoms with E-state index in [1.807, 2.05) is 0 Å². The Labute approximate surface area is 220 Å². The molecule has 4 heteroatoms. The number of carbonyl (C=O) groups is 2. The maximum absolute atomic E-state index is 12.5. The van der Waals surface area contributed by atoms with Gasteiger partial charge in [0.15, 0.2) is 0 Å². The first kappa shape index (κ1) is 26.7. The van der Waals surface area contributed by atoms with E-state index in [1.54, 1.807) is 0 Å². The number of nitrogens with zero attached hydrogens (tertiary/aromatic N) is 1. The maximum Gasteiger partial charge on any atom is 0.222 e. The Morgan fingerprint density at radius 3 is 2.44 bits per heavy atom. The number of Topliss-reactive ketones (excluding diaryl/α,β-unsaturated/α-hetero) is 1. The van der Waals surface area contributed by atoms with Crippen molar-refractivity contribution in [1.82, 2.24) is 4.90 Å². The summed E-state index contributed by atoms with van der Waals surface area (Å²) in [6, 6.07) is 0. The van der Waals surface area contributed by atoms with Crippen LogP contribution in [0.4, 0.5) is 0 Å². The summed E-state index contributed by atoms with van der Waals surface area (Å²) < 4.78 is 0. The molecule has 0 aromatic heterocycles. The standard InChI is InChI=1S/C32H53NO3/c1-31-17-15-25(34)22-24(31)21-23(30-26-13-14-28(35)32(26,2)18-16-27(30)31)11-7-4-3-5-8-12-29(36)33-19-9-6-10-20-33/h23-24,26-28,30,35H,3-22H2,1-2H3/t23?,24-,26-,27-,28-,30-,31-,32-/m0/s1. The maximum atomic E-state index is 12.5. The summed E-state index contributed by atoms with van der Waals surface area (Å²) in [5, 5.41) is 10.9. The van der Waals surface area contributed by atoms with E-state index < -0.39 is 0 Å².